The minimum atomic E-state index is -0.198. The smallest absolute Gasteiger partial charge is 0.263 e. The second kappa shape index (κ2) is 3.37. The van der Waals surface area contributed by atoms with Gasteiger partial charge in [-0.25, -0.2) is 0 Å². The van der Waals surface area contributed by atoms with Gasteiger partial charge in [0.15, 0.2) is 0 Å². The molecule has 1 amide bonds. The third-order valence-electron chi connectivity index (χ3n) is 1.51. The molecule has 1 rings (SSSR count). The quantitative estimate of drug-likeness (QED) is 0.592. The largest absolute Gasteiger partial charge is 0.288 e. The monoisotopic (exact) mass is 155 g/mol. The number of aliphatic imine (C=N–C) groups is 1. The molecule has 2 N–H and O–H groups in total. The average Bonchev–Trinajstić information content (AvgIpc) is 1.93. The molecule has 4 heteroatoms. The van der Waals surface area contributed by atoms with E-state index in [1.54, 1.807) is 0 Å². The van der Waals surface area contributed by atoms with E-state index >= 15 is 0 Å². The van der Waals surface area contributed by atoms with Crippen molar-refractivity contribution in [2.75, 3.05) is 0 Å². The zero-order valence-corrected chi connectivity index (χ0v) is 6.79. The van der Waals surface area contributed by atoms with Crippen molar-refractivity contribution in [3.8, 4) is 0 Å². The zero-order chi connectivity index (χ0) is 8.27. The molecule has 0 bridgehead atoms. The van der Waals surface area contributed by atoms with Crippen LogP contribution in [0.5, 0.6) is 0 Å². The highest BCUT2D eigenvalue weighted by molar-refractivity contribution is 5.86. The summed E-state index contributed by atoms with van der Waals surface area (Å²) in [6.45, 7) is 4.15. The van der Waals surface area contributed by atoms with Gasteiger partial charge in [-0.3, -0.25) is 20.6 Å². The second-order valence-electron chi connectivity index (χ2n) is 3.06. The second-order valence-corrected chi connectivity index (χ2v) is 3.06. The highest BCUT2D eigenvalue weighted by atomic mass is 16.2. The first-order valence-electron chi connectivity index (χ1n) is 3.77. The van der Waals surface area contributed by atoms with E-state index in [1.807, 2.05) is 0 Å². The van der Waals surface area contributed by atoms with Crippen LogP contribution in [-0.2, 0) is 4.79 Å². The van der Waals surface area contributed by atoms with Crippen LogP contribution in [0.4, 0.5) is 0 Å². The summed E-state index contributed by atoms with van der Waals surface area (Å²) in [5, 5.41) is 0. The molecule has 1 atom stereocenters. The predicted octanol–water partition coefficient (Wildman–Crippen LogP) is 0.0638. The molecule has 0 radical (unpaired) electrons. The van der Waals surface area contributed by atoms with Crippen LogP contribution in [0.1, 0.15) is 20.3 Å². The number of hydrogen-bond acceptors (Lipinski definition) is 3. The van der Waals surface area contributed by atoms with Crippen LogP contribution in [0.3, 0.4) is 0 Å². The summed E-state index contributed by atoms with van der Waals surface area (Å²) in [5.74, 6) is 0.460. The van der Waals surface area contributed by atoms with Crippen LogP contribution < -0.4 is 10.9 Å². The van der Waals surface area contributed by atoms with E-state index in [4.69, 9.17) is 0 Å². The number of rotatable bonds is 2. The van der Waals surface area contributed by atoms with E-state index < -0.39 is 0 Å². The maximum Gasteiger partial charge on any atom is 0.263 e. The van der Waals surface area contributed by atoms with Crippen LogP contribution in [0, 0.1) is 5.92 Å². The summed E-state index contributed by atoms with van der Waals surface area (Å²) in [6, 6.07) is -0.198. The Bertz CT molecular complexity index is 177. The number of nitrogens with one attached hydrogen (secondary N) is 2. The van der Waals surface area contributed by atoms with Crippen LogP contribution in [-0.4, -0.2) is 18.3 Å². The maximum absolute atomic E-state index is 11.0. The van der Waals surface area contributed by atoms with Gasteiger partial charge in [0.05, 0.1) is 0 Å². The molecular weight excluding hydrogens is 142 g/mol. The third kappa shape index (κ3) is 2.22. The molecule has 0 aromatic rings. The Morgan fingerprint density at radius 2 is 2.45 bits per heavy atom. The highest BCUT2D eigenvalue weighted by Crippen LogP contribution is 2.08. The Labute approximate surface area is 66.0 Å². The standard InChI is InChI=1S/C7H13N3O/c1-5(2)3-6-7(11)10-9-4-8-6/h4-6H,3H2,1-2H3,(H,8,9)(H,10,11). The molecule has 0 aromatic heterocycles. The number of carbonyl (C=O) groups excluding carboxylic acids is 1. The predicted molar refractivity (Wildman–Crippen MR) is 43.0 cm³/mol. The lowest BCUT2D eigenvalue weighted by Crippen LogP contribution is -2.46. The van der Waals surface area contributed by atoms with Crippen molar-refractivity contribution >= 4 is 12.2 Å². The number of carbonyl (C=O) groups is 1. The number of hydrazine groups is 1. The molecule has 0 fully saturated rings. The van der Waals surface area contributed by atoms with Crippen molar-refractivity contribution in [3.63, 3.8) is 0 Å². The van der Waals surface area contributed by atoms with Crippen molar-refractivity contribution in [1.82, 2.24) is 10.9 Å². The number of hydrogen-bond donors (Lipinski definition) is 2. The fraction of sp³-hybridized carbons (Fsp3) is 0.714. The SMILES string of the molecule is CC(C)CC1N=CNNC1=O. The van der Waals surface area contributed by atoms with Gasteiger partial charge in [0.1, 0.15) is 12.4 Å². The van der Waals surface area contributed by atoms with E-state index in [1.165, 1.54) is 6.34 Å². The van der Waals surface area contributed by atoms with Crippen molar-refractivity contribution in [3.05, 3.63) is 0 Å². The molecule has 11 heavy (non-hydrogen) atoms. The molecule has 1 aliphatic rings. The molecule has 0 saturated carbocycles. The Balaban J connectivity index is 2.48. The van der Waals surface area contributed by atoms with Crippen molar-refractivity contribution in [2.45, 2.75) is 26.3 Å². The lowest BCUT2D eigenvalue weighted by molar-refractivity contribution is -0.123. The van der Waals surface area contributed by atoms with Gasteiger partial charge in [-0.05, 0) is 12.3 Å². The van der Waals surface area contributed by atoms with Crippen molar-refractivity contribution < 1.29 is 4.79 Å². The lowest BCUT2D eigenvalue weighted by Gasteiger charge is -2.18. The summed E-state index contributed by atoms with van der Waals surface area (Å²) in [4.78, 5) is 15.0. The Morgan fingerprint density at radius 3 is 3.00 bits per heavy atom. The first-order chi connectivity index (χ1) is 5.20. The molecule has 0 aliphatic carbocycles. The first kappa shape index (κ1) is 8.04. The van der Waals surface area contributed by atoms with E-state index in [0.717, 1.165) is 6.42 Å². The third-order valence-corrected chi connectivity index (χ3v) is 1.51. The van der Waals surface area contributed by atoms with E-state index in [-0.39, 0.29) is 11.9 Å². The minimum absolute atomic E-state index is 0.0406. The summed E-state index contributed by atoms with van der Waals surface area (Å²) in [7, 11) is 0. The van der Waals surface area contributed by atoms with Crippen LogP contribution in [0.25, 0.3) is 0 Å². The van der Waals surface area contributed by atoms with Crippen LogP contribution in [0.2, 0.25) is 0 Å². The van der Waals surface area contributed by atoms with Gasteiger partial charge in [0.25, 0.3) is 5.91 Å². The molecule has 1 unspecified atom stereocenters. The number of nitrogens with zero attached hydrogens (tertiary/aromatic N) is 1. The van der Waals surface area contributed by atoms with Gasteiger partial charge in [0.2, 0.25) is 0 Å². The van der Waals surface area contributed by atoms with Gasteiger partial charge in [0, 0.05) is 0 Å². The van der Waals surface area contributed by atoms with E-state index in [0.29, 0.717) is 5.92 Å². The van der Waals surface area contributed by atoms with Crippen LogP contribution in [0.15, 0.2) is 4.99 Å². The van der Waals surface area contributed by atoms with Gasteiger partial charge in [-0.1, -0.05) is 13.8 Å². The highest BCUT2D eigenvalue weighted by Gasteiger charge is 2.19. The van der Waals surface area contributed by atoms with Crippen molar-refractivity contribution in [1.29, 1.82) is 0 Å². The Kier molecular flexibility index (Phi) is 2.46. The fourth-order valence-electron chi connectivity index (χ4n) is 0.996. The van der Waals surface area contributed by atoms with Crippen LogP contribution >= 0.6 is 0 Å². The average molecular weight is 155 g/mol. The summed E-state index contributed by atoms with van der Waals surface area (Å²) in [5.41, 5.74) is 5.05. The molecule has 4 nitrogen and oxygen atoms in total. The zero-order valence-electron chi connectivity index (χ0n) is 6.79. The van der Waals surface area contributed by atoms with Gasteiger partial charge in [-0.2, -0.15) is 0 Å². The molecule has 1 aliphatic heterocycles. The number of amides is 1. The topological polar surface area (TPSA) is 53.5 Å². The summed E-state index contributed by atoms with van der Waals surface area (Å²) >= 11 is 0. The fourth-order valence-corrected chi connectivity index (χ4v) is 0.996. The molecule has 0 aromatic carbocycles. The first-order valence-corrected chi connectivity index (χ1v) is 3.77. The molecule has 0 spiro atoms. The van der Waals surface area contributed by atoms with E-state index in [2.05, 4.69) is 29.7 Å². The Morgan fingerprint density at radius 1 is 1.73 bits per heavy atom. The molecule has 62 valence electrons. The van der Waals surface area contributed by atoms with Gasteiger partial charge in [-0.15, -0.1) is 0 Å². The molecular formula is C7H13N3O. The van der Waals surface area contributed by atoms with E-state index in [9.17, 15) is 4.79 Å². The molecule has 0 saturated heterocycles. The normalized spacial score (nSPS) is 23.2. The molecule has 1 heterocycles. The van der Waals surface area contributed by atoms with Gasteiger partial charge >= 0.3 is 0 Å². The van der Waals surface area contributed by atoms with Gasteiger partial charge < -0.3 is 0 Å². The van der Waals surface area contributed by atoms with Crippen molar-refractivity contribution in [2.24, 2.45) is 10.9 Å². The summed E-state index contributed by atoms with van der Waals surface area (Å²) in [6.07, 6.45) is 2.33. The lowest BCUT2D eigenvalue weighted by atomic mass is 10.0. The Hall–Kier alpha value is -1.06. The summed E-state index contributed by atoms with van der Waals surface area (Å²) < 4.78 is 0. The minimum Gasteiger partial charge on any atom is -0.288 e. The maximum atomic E-state index is 11.0.